The zero-order valence-corrected chi connectivity index (χ0v) is 16.7. The first kappa shape index (κ1) is 20.2. The van der Waals surface area contributed by atoms with Gasteiger partial charge >= 0.3 is 0 Å². The van der Waals surface area contributed by atoms with Crippen LogP contribution >= 0.6 is 0 Å². The maximum atomic E-state index is 12.5. The van der Waals surface area contributed by atoms with E-state index in [-0.39, 0.29) is 18.0 Å². The Morgan fingerprint density at radius 1 is 1.04 bits per heavy atom. The monoisotopic (exact) mass is 383 g/mol. The molecule has 28 heavy (non-hydrogen) atoms. The molecule has 0 aromatic heterocycles. The van der Waals surface area contributed by atoms with Gasteiger partial charge in [-0.1, -0.05) is 37.3 Å². The summed E-state index contributed by atoms with van der Waals surface area (Å²) in [6, 6.07) is 14.3. The number of carbonyl (C=O) groups excluding carboxylic acids is 1. The first-order valence-corrected chi connectivity index (χ1v) is 9.73. The molecule has 0 bridgehead atoms. The number of ether oxygens (including phenoxy) is 2. The quantitative estimate of drug-likeness (QED) is 0.653. The van der Waals surface area contributed by atoms with E-state index in [4.69, 9.17) is 9.47 Å². The summed E-state index contributed by atoms with van der Waals surface area (Å²) < 4.78 is 10.6. The maximum absolute atomic E-state index is 12.5. The van der Waals surface area contributed by atoms with Gasteiger partial charge in [0.15, 0.2) is 11.5 Å². The van der Waals surface area contributed by atoms with Crippen molar-refractivity contribution in [1.82, 2.24) is 16.2 Å². The predicted octanol–water partition coefficient (Wildman–Crippen LogP) is 2.53. The normalized spacial score (nSPS) is 18.7. The molecule has 2 unspecified atom stereocenters. The largest absolute Gasteiger partial charge is 0.493 e. The van der Waals surface area contributed by atoms with Crippen LogP contribution in [0.4, 0.5) is 0 Å². The molecule has 150 valence electrons. The molecule has 1 aliphatic rings. The summed E-state index contributed by atoms with van der Waals surface area (Å²) >= 11 is 0. The van der Waals surface area contributed by atoms with Gasteiger partial charge in [0.1, 0.15) is 6.04 Å². The summed E-state index contributed by atoms with van der Waals surface area (Å²) in [4.78, 5) is 12.5. The summed E-state index contributed by atoms with van der Waals surface area (Å²) in [5, 5.41) is 3.02. The highest BCUT2D eigenvalue weighted by atomic mass is 16.5. The second kappa shape index (κ2) is 9.57. The smallest absolute Gasteiger partial charge is 0.238 e. The lowest BCUT2D eigenvalue weighted by molar-refractivity contribution is -0.122. The number of carbonyl (C=O) groups is 1. The third-order valence-corrected chi connectivity index (χ3v) is 5.17. The molecule has 0 aliphatic carbocycles. The van der Waals surface area contributed by atoms with Crippen molar-refractivity contribution in [2.75, 3.05) is 20.8 Å². The van der Waals surface area contributed by atoms with Crippen LogP contribution in [-0.2, 0) is 17.6 Å². The average molecular weight is 383 g/mol. The zero-order chi connectivity index (χ0) is 19.9. The fraction of sp³-hybridized carbons (Fsp3) is 0.409. The van der Waals surface area contributed by atoms with E-state index in [9.17, 15) is 4.79 Å². The molecule has 2 aromatic rings. The van der Waals surface area contributed by atoms with E-state index in [2.05, 4.69) is 47.4 Å². The second-order valence-corrected chi connectivity index (χ2v) is 6.96. The molecule has 1 fully saturated rings. The van der Waals surface area contributed by atoms with Gasteiger partial charge in [-0.3, -0.25) is 4.79 Å². The van der Waals surface area contributed by atoms with Crippen LogP contribution in [0.25, 0.3) is 0 Å². The number of nitrogens with one attached hydrogen (secondary N) is 3. The fourth-order valence-electron chi connectivity index (χ4n) is 3.42. The third kappa shape index (κ3) is 4.82. The highest BCUT2D eigenvalue weighted by molar-refractivity contribution is 5.82. The van der Waals surface area contributed by atoms with E-state index < -0.39 is 0 Å². The molecular weight excluding hydrogens is 354 g/mol. The van der Waals surface area contributed by atoms with Crippen LogP contribution in [0.1, 0.15) is 36.1 Å². The van der Waals surface area contributed by atoms with Crippen LogP contribution in [0, 0.1) is 0 Å². The Morgan fingerprint density at radius 2 is 1.75 bits per heavy atom. The van der Waals surface area contributed by atoms with E-state index >= 15 is 0 Å². The molecule has 0 spiro atoms. The predicted molar refractivity (Wildman–Crippen MR) is 109 cm³/mol. The first-order valence-electron chi connectivity index (χ1n) is 9.73. The Balaban J connectivity index is 1.47. The Labute approximate surface area is 166 Å². The molecule has 6 heteroatoms. The van der Waals surface area contributed by atoms with Crippen molar-refractivity contribution in [2.45, 2.75) is 38.3 Å². The van der Waals surface area contributed by atoms with Gasteiger partial charge in [-0.2, -0.15) is 0 Å². The number of rotatable bonds is 8. The Hall–Kier alpha value is -2.57. The number of hydrogen-bond donors (Lipinski definition) is 3. The van der Waals surface area contributed by atoms with Gasteiger partial charge in [0.25, 0.3) is 0 Å². The van der Waals surface area contributed by atoms with Crippen molar-refractivity contribution in [2.24, 2.45) is 0 Å². The lowest BCUT2D eigenvalue weighted by Gasteiger charge is -2.12. The second-order valence-electron chi connectivity index (χ2n) is 6.96. The molecule has 1 saturated heterocycles. The Bertz CT molecular complexity index is 792. The summed E-state index contributed by atoms with van der Waals surface area (Å²) in [6.07, 6.45) is 2.49. The van der Waals surface area contributed by atoms with Gasteiger partial charge in [-0.05, 0) is 48.1 Å². The average Bonchev–Trinajstić information content (AvgIpc) is 3.24. The number of methoxy groups -OCH3 is 2. The van der Waals surface area contributed by atoms with Gasteiger partial charge in [-0.15, -0.1) is 0 Å². The lowest BCUT2D eigenvalue weighted by atomic mass is 10.00. The van der Waals surface area contributed by atoms with Gasteiger partial charge in [0.05, 0.1) is 14.2 Å². The number of aryl methyl sites for hydroxylation is 1. The lowest BCUT2D eigenvalue weighted by Crippen LogP contribution is -2.43. The van der Waals surface area contributed by atoms with Crippen LogP contribution in [0.2, 0.25) is 0 Å². The van der Waals surface area contributed by atoms with Gasteiger partial charge in [0, 0.05) is 12.6 Å². The van der Waals surface area contributed by atoms with Crippen LogP contribution in [-0.4, -0.2) is 32.7 Å². The Kier molecular flexibility index (Phi) is 6.90. The summed E-state index contributed by atoms with van der Waals surface area (Å²) in [7, 11) is 3.24. The van der Waals surface area contributed by atoms with Crippen molar-refractivity contribution in [3.63, 3.8) is 0 Å². The summed E-state index contributed by atoms with van der Waals surface area (Å²) in [6.45, 7) is 2.72. The molecule has 3 rings (SSSR count). The van der Waals surface area contributed by atoms with Crippen LogP contribution in [0.3, 0.4) is 0 Å². The third-order valence-electron chi connectivity index (χ3n) is 5.17. The molecule has 2 aromatic carbocycles. The molecule has 2 atom stereocenters. The minimum atomic E-state index is -0.235. The van der Waals surface area contributed by atoms with Gasteiger partial charge in [0.2, 0.25) is 5.91 Å². The van der Waals surface area contributed by atoms with Crippen molar-refractivity contribution >= 4 is 5.91 Å². The fourth-order valence-corrected chi connectivity index (χ4v) is 3.42. The molecule has 1 aliphatic heterocycles. The van der Waals surface area contributed by atoms with E-state index in [0.29, 0.717) is 18.0 Å². The minimum absolute atomic E-state index is 0.0145. The highest BCUT2D eigenvalue weighted by Gasteiger charge is 2.29. The number of hydrazine groups is 1. The maximum Gasteiger partial charge on any atom is 0.238 e. The van der Waals surface area contributed by atoms with Gasteiger partial charge < -0.3 is 14.8 Å². The van der Waals surface area contributed by atoms with Crippen LogP contribution in [0.15, 0.2) is 42.5 Å². The number of benzene rings is 2. The van der Waals surface area contributed by atoms with Crippen molar-refractivity contribution in [3.05, 3.63) is 59.2 Å². The van der Waals surface area contributed by atoms with Crippen molar-refractivity contribution < 1.29 is 14.3 Å². The van der Waals surface area contributed by atoms with E-state index in [1.165, 1.54) is 11.1 Å². The SMILES string of the molecule is CCc1ccc(C2CC(C(=O)NCCc3ccc(OC)c(OC)c3)NN2)cc1. The minimum Gasteiger partial charge on any atom is -0.493 e. The number of amides is 1. The molecule has 1 heterocycles. The van der Waals surface area contributed by atoms with E-state index in [1.807, 2.05) is 18.2 Å². The van der Waals surface area contributed by atoms with E-state index in [1.54, 1.807) is 14.2 Å². The highest BCUT2D eigenvalue weighted by Crippen LogP contribution is 2.27. The van der Waals surface area contributed by atoms with Crippen LogP contribution < -0.4 is 25.6 Å². The summed E-state index contributed by atoms with van der Waals surface area (Å²) in [5.41, 5.74) is 9.96. The molecule has 0 saturated carbocycles. The zero-order valence-electron chi connectivity index (χ0n) is 16.7. The van der Waals surface area contributed by atoms with Crippen molar-refractivity contribution in [1.29, 1.82) is 0 Å². The Morgan fingerprint density at radius 3 is 2.43 bits per heavy atom. The van der Waals surface area contributed by atoms with Crippen LogP contribution in [0.5, 0.6) is 11.5 Å². The summed E-state index contributed by atoms with van der Waals surface area (Å²) in [5.74, 6) is 1.42. The van der Waals surface area contributed by atoms with Crippen molar-refractivity contribution in [3.8, 4) is 11.5 Å². The first-order chi connectivity index (χ1) is 13.6. The standard InChI is InChI=1S/C22H29N3O3/c1-4-15-5-8-17(9-6-15)18-14-19(25-24-18)22(26)23-12-11-16-7-10-20(27-2)21(13-16)28-3/h5-10,13,18-19,24-25H,4,11-12,14H2,1-3H3,(H,23,26). The molecule has 3 N–H and O–H groups in total. The van der Waals surface area contributed by atoms with E-state index in [0.717, 1.165) is 24.8 Å². The molecule has 1 amide bonds. The molecular formula is C22H29N3O3. The molecule has 0 radical (unpaired) electrons. The molecule has 6 nitrogen and oxygen atoms in total. The number of hydrogen-bond acceptors (Lipinski definition) is 5. The van der Waals surface area contributed by atoms with Gasteiger partial charge in [-0.25, -0.2) is 10.9 Å². The topological polar surface area (TPSA) is 71.6 Å².